The molecule has 0 radical (unpaired) electrons. The normalized spacial score (nSPS) is 20.2. The Morgan fingerprint density at radius 2 is 2.07 bits per heavy atom. The second-order valence-corrected chi connectivity index (χ2v) is 9.18. The van der Waals surface area contributed by atoms with E-state index in [0.29, 0.717) is 17.8 Å². The van der Waals surface area contributed by atoms with Gasteiger partial charge in [-0.15, -0.1) is 24.0 Å². The van der Waals surface area contributed by atoms with Gasteiger partial charge in [-0.1, -0.05) is 13.3 Å². The monoisotopic (exact) mass is 545 g/mol. The molecule has 0 amide bonds. The molecule has 30 heavy (non-hydrogen) atoms. The highest BCUT2D eigenvalue weighted by atomic mass is 127. The van der Waals surface area contributed by atoms with Crippen molar-refractivity contribution in [2.24, 2.45) is 4.99 Å². The molecule has 0 saturated heterocycles. The van der Waals surface area contributed by atoms with Crippen molar-refractivity contribution in [1.82, 2.24) is 20.4 Å². The molecule has 166 valence electrons. The standard InChI is InChI=1S/C21H31N5O2S.HI/c1-4-29(27)20-7-5-6-16(14-20)24-21(22-2)23-15-17-12-13-26(25-17)18-8-10-19(28-3)11-9-18;/h8-13,16,20H,4-7,14-15H2,1-3H3,(H2,22,23,24);1H. The summed E-state index contributed by atoms with van der Waals surface area (Å²) in [5.74, 6) is 2.32. The molecule has 0 bridgehead atoms. The smallest absolute Gasteiger partial charge is 0.191 e. The molecule has 1 aromatic heterocycles. The lowest BCUT2D eigenvalue weighted by atomic mass is 9.95. The first-order valence-electron chi connectivity index (χ1n) is 10.2. The highest BCUT2D eigenvalue weighted by Crippen LogP contribution is 2.23. The number of nitrogens with zero attached hydrogens (tertiary/aromatic N) is 3. The van der Waals surface area contributed by atoms with Gasteiger partial charge in [-0.05, 0) is 49.6 Å². The molecule has 3 unspecified atom stereocenters. The number of methoxy groups -OCH3 is 1. The number of benzene rings is 1. The van der Waals surface area contributed by atoms with Crippen LogP contribution in [0.15, 0.2) is 41.5 Å². The largest absolute Gasteiger partial charge is 0.497 e. The molecule has 1 aromatic carbocycles. The Morgan fingerprint density at radius 1 is 1.30 bits per heavy atom. The number of aromatic nitrogens is 2. The third kappa shape index (κ3) is 6.69. The van der Waals surface area contributed by atoms with Crippen LogP contribution in [0.1, 0.15) is 38.3 Å². The number of hydrogen-bond acceptors (Lipinski definition) is 4. The molecule has 3 atom stereocenters. The third-order valence-corrected chi connectivity index (χ3v) is 7.01. The fraction of sp³-hybridized carbons (Fsp3) is 0.524. The van der Waals surface area contributed by atoms with Crippen molar-refractivity contribution in [3.63, 3.8) is 0 Å². The predicted molar refractivity (Wildman–Crippen MR) is 134 cm³/mol. The zero-order chi connectivity index (χ0) is 20.6. The summed E-state index contributed by atoms with van der Waals surface area (Å²) in [4.78, 5) is 4.34. The Kier molecular flexibility index (Phi) is 10.1. The fourth-order valence-corrected chi connectivity index (χ4v) is 5.00. The number of halogens is 1. The lowest BCUT2D eigenvalue weighted by Crippen LogP contribution is -2.46. The van der Waals surface area contributed by atoms with Crippen LogP contribution in [-0.2, 0) is 17.3 Å². The number of hydrogen-bond donors (Lipinski definition) is 2. The van der Waals surface area contributed by atoms with E-state index < -0.39 is 10.8 Å². The van der Waals surface area contributed by atoms with Crippen LogP contribution in [0.25, 0.3) is 5.69 Å². The van der Waals surface area contributed by atoms with E-state index in [1.807, 2.05) is 48.1 Å². The van der Waals surface area contributed by atoms with Crippen molar-refractivity contribution in [3.8, 4) is 11.4 Å². The van der Waals surface area contributed by atoms with E-state index in [4.69, 9.17) is 4.74 Å². The zero-order valence-corrected chi connectivity index (χ0v) is 21.0. The second kappa shape index (κ2) is 12.3. The minimum Gasteiger partial charge on any atom is -0.497 e. The Balaban J connectivity index is 0.00000320. The van der Waals surface area contributed by atoms with Crippen LogP contribution in [0, 0.1) is 0 Å². The van der Waals surface area contributed by atoms with Gasteiger partial charge in [-0.3, -0.25) is 9.20 Å². The van der Waals surface area contributed by atoms with Gasteiger partial charge >= 0.3 is 0 Å². The minimum absolute atomic E-state index is 0. The molecule has 2 N–H and O–H groups in total. The molecule has 3 rings (SSSR count). The summed E-state index contributed by atoms with van der Waals surface area (Å²) in [5.41, 5.74) is 1.91. The van der Waals surface area contributed by atoms with Gasteiger partial charge in [-0.2, -0.15) is 5.10 Å². The molecule has 1 aliphatic rings. The minimum atomic E-state index is -0.723. The van der Waals surface area contributed by atoms with Crippen LogP contribution in [0.5, 0.6) is 5.75 Å². The quantitative estimate of drug-likeness (QED) is 0.317. The molecule has 1 aliphatic carbocycles. The summed E-state index contributed by atoms with van der Waals surface area (Å²) >= 11 is 0. The molecular formula is C21H32IN5O2S. The van der Waals surface area contributed by atoms with E-state index >= 15 is 0 Å². The molecule has 0 spiro atoms. The van der Waals surface area contributed by atoms with E-state index in [1.54, 1.807) is 14.2 Å². The van der Waals surface area contributed by atoms with Crippen LogP contribution in [0.2, 0.25) is 0 Å². The van der Waals surface area contributed by atoms with E-state index in [1.165, 1.54) is 0 Å². The van der Waals surface area contributed by atoms with E-state index in [-0.39, 0.29) is 24.0 Å². The second-order valence-electron chi connectivity index (χ2n) is 7.17. The lowest BCUT2D eigenvalue weighted by molar-refractivity contribution is 0.413. The first-order chi connectivity index (χ1) is 14.1. The third-order valence-electron chi connectivity index (χ3n) is 5.27. The van der Waals surface area contributed by atoms with E-state index in [9.17, 15) is 4.21 Å². The van der Waals surface area contributed by atoms with Crippen molar-refractivity contribution in [3.05, 3.63) is 42.2 Å². The maximum atomic E-state index is 12.2. The van der Waals surface area contributed by atoms with Crippen molar-refractivity contribution in [2.75, 3.05) is 19.9 Å². The highest BCUT2D eigenvalue weighted by Gasteiger charge is 2.26. The van der Waals surface area contributed by atoms with Gasteiger partial charge in [0, 0.05) is 41.1 Å². The number of rotatable bonds is 7. The van der Waals surface area contributed by atoms with E-state index in [2.05, 4.69) is 20.7 Å². The highest BCUT2D eigenvalue weighted by molar-refractivity contribution is 14.0. The molecule has 1 heterocycles. The number of nitrogens with one attached hydrogen (secondary N) is 2. The van der Waals surface area contributed by atoms with Gasteiger partial charge in [0.05, 0.1) is 25.0 Å². The number of aliphatic imine (C=N–C) groups is 1. The SMILES string of the molecule is CCS(=O)C1CCCC(NC(=NC)NCc2ccn(-c3ccc(OC)cc3)n2)C1.I. The maximum absolute atomic E-state index is 12.2. The number of ether oxygens (including phenoxy) is 1. The number of guanidine groups is 1. The van der Waals surface area contributed by atoms with Gasteiger partial charge in [-0.25, -0.2) is 4.68 Å². The Hall–Kier alpha value is -1.62. The van der Waals surface area contributed by atoms with Crippen LogP contribution in [0.3, 0.4) is 0 Å². The maximum Gasteiger partial charge on any atom is 0.191 e. The first kappa shape index (κ1) is 24.6. The van der Waals surface area contributed by atoms with Gasteiger partial charge in [0.1, 0.15) is 5.75 Å². The van der Waals surface area contributed by atoms with Gasteiger partial charge in [0.15, 0.2) is 5.96 Å². The van der Waals surface area contributed by atoms with Crippen LogP contribution in [-0.4, -0.2) is 51.2 Å². The average molecular weight is 545 g/mol. The summed E-state index contributed by atoms with van der Waals surface area (Å²) in [5, 5.41) is 11.8. The van der Waals surface area contributed by atoms with Gasteiger partial charge < -0.3 is 15.4 Å². The Morgan fingerprint density at radius 3 is 2.73 bits per heavy atom. The summed E-state index contributed by atoms with van der Waals surface area (Å²) in [6.07, 6.45) is 6.14. The Labute approximate surface area is 198 Å². The lowest BCUT2D eigenvalue weighted by Gasteiger charge is -2.30. The van der Waals surface area contributed by atoms with Crippen molar-refractivity contribution < 1.29 is 8.95 Å². The zero-order valence-electron chi connectivity index (χ0n) is 17.8. The predicted octanol–water partition coefficient (Wildman–Crippen LogP) is 3.24. The van der Waals surface area contributed by atoms with Crippen molar-refractivity contribution in [1.29, 1.82) is 0 Å². The molecule has 1 fully saturated rings. The first-order valence-corrected chi connectivity index (χ1v) is 11.5. The van der Waals surface area contributed by atoms with Crippen LogP contribution in [0.4, 0.5) is 0 Å². The van der Waals surface area contributed by atoms with Crippen molar-refractivity contribution in [2.45, 2.75) is 50.4 Å². The molecule has 9 heteroatoms. The fourth-order valence-electron chi connectivity index (χ4n) is 3.65. The van der Waals surface area contributed by atoms with Crippen LogP contribution >= 0.6 is 24.0 Å². The van der Waals surface area contributed by atoms with E-state index in [0.717, 1.165) is 54.5 Å². The summed E-state index contributed by atoms with van der Waals surface area (Å²) < 4.78 is 19.2. The molecule has 7 nitrogen and oxygen atoms in total. The average Bonchev–Trinajstić information content (AvgIpc) is 3.25. The molecular weight excluding hydrogens is 513 g/mol. The van der Waals surface area contributed by atoms with Gasteiger partial charge in [0.2, 0.25) is 0 Å². The van der Waals surface area contributed by atoms with Crippen LogP contribution < -0.4 is 15.4 Å². The summed E-state index contributed by atoms with van der Waals surface area (Å²) in [6.45, 7) is 2.58. The Bertz CT molecular complexity index is 840. The summed E-state index contributed by atoms with van der Waals surface area (Å²) in [7, 11) is 2.71. The van der Waals surface area contributed by atoms with Gasteiger partial charge in [0.25, 0.3) is 0 Å². The molecule has 2 aromatic rings. The topological polar surface area (TPSA) is 80.5 Å². The molecule has 0 aliphatic heterocycles. The summed E-state index contributed by atoms with van der Waals surface area (Å²) in [6, 6.07) is 10.1. The van der Waals surface area contributed by atoms with Crippen molar-refractivity contribution >= 4 is 40.7 Å². The molecule has 1 saturated carbocycles.